The third kappa shape index (κ3) is 8.51. The first-order valence-electron chi connectivity index (χ1n) is 29.0. The molecular weight excluding hydrogens is 941 g/mol. The molecule has 6 aliphatic heterocycles. The molecule has 6 heterocycles. The average molecular weight is 1020 g/mol. The predicted octanol–water partition coefficient (Wildman–Crippen LogP) is 7.39. The van der Waals surface area contributed by atoms with E-state index in [1.54, 1.807) is 6.07 Å². The van der Waals surface area contributed by atoms with E-state index < -0.39 is 46.5 Å². The number of esters is 1. The van der Waals surface area contributed by atoms with Crippen LogP contribution in [0.2, 0.25) is 0 Å². The molecule has 75 heavy (non-hydrogen) atoms. The molecule has 15 atom stereocenters. The Hall–Kier alpha value is -4.63. The smallest absolute Gasteiger partial charge is 0.350 e. The highest BCUT2D eigenvalue weighted by Gasteiger charge is 2.86. The van der Waals surface area contributed by atoms with E-state index in [9.17, 15) is 10.2 Å². The molecule has 13 heteroatoms. The largest absolute Gasteiger partial charge is 0.459 e. The first kappa shape index (κ1) is 51.1. The monoisotopic (exact) mass is 1020 g/mol. The topological polar surface area (TPSA) is 200 Å². The molecule has 402 valence electrons. The minimum atomic E-state index is -2.26. The van der Waals surface area contributed by atoms with Gasteiger partial charge in [0.2, 0.25) is 5.78 Å². The van der Waals surface area contributed by atoms with E-state index in [1.165, 1.54) is 16.7 Å². The van der Waals surface area contributed by atoms with Crippen LogP contribution in [0.3, 0.4) is 0 Å². The Morgan fingerprint density at radius 2 is 1.87 bits per heavy atom. The number of fused-ring (bicyclic) bond motifs is 7. The maximum atomic E-state index is 16.2. The number of nitrogens with one attached hydrogen (secondary N) is 5. The van der Waals surface area contributed by atoms with Gasteiger partial charge >= 0.3 is 5.97 Å². The number of carbonyl (C=O) groups excluding carboxylic acids is 3. The zero-order valence-corrected chi connectivity index (χ0v) is 44.8. The summed E-state index contributed by atoms with van der Waals surface area (Å²) in [7, 11) is 1.96. The number of epoxide rings is 1. The molecule has 3 saturated carbocycles. The minimum absolute atomic E-state index is 0.113. The van der Waals surface area contributed by atoms with Crippen LogP contribution in [0.4, 0.5) is 0 Å². The molecule has 13 rings (SSSR count). The molecule has 1 aromatic carbocycles. The number of hydrogen-bond acceptors (Lipinski definition) is 13. The lowest BCUT2D eigenvalue weighted by atomic mass is 9.46. The molecule has 0 aromatic heterocycles. The van der Waals surface area contributed by atoms with Crippen LogP contribution in [-0.2, 0) is 20.7 Å². The number of allylic oxidation sites excluding steroid dienone is 8. The second kappa shape index (κ2) is 19.7. The molecule has 12 aliphatic rings. The van der Waals surface area contributed by atoms with Gasteiger partial charge in [0.1, 0.15) is 11.9 Å². The lowest BCUT2D eigenvalue weighted by Crippen LogP contribution is -2.68. The number of rotatable bonds is 11. The zero-order chi connectivity index (χ0) is 52.0. The summed E-state index contributed by atoms with van der Waals surface area (Å²) in [4.78, 5) is 48.3. The van der Waals surface area contributed by atoms with Gasteiger partial charge in [-0.15, -0.1) is 0 Å². The molecule has 15 unspecified atom stereocenters. The van der Waals surface area contributed by atoms with Crippen LogP contribution in [-0.4, -0.2) is 95.8 Å². The van der Waals surface area contributed by atoms with Gasteiger partial charge in [-0.3, -0.25) is 9.59 Å². The Kier molecular flexibility index (Phi) is 13.4. The summed E-state index contributed by atoms with van der Waals surface area (Å²) < 4.78 is 14.1. The van der Waals surface area contributed by atoms with Gasteiger partial charge in [-0.05, 0) is 185 Å². The summed E-state index contributed by atoms with van der Waals surface area (Å²) in [5.41, 5.74) is 9.07. The van der Waals surface area contributed by atoms with Gasteiger partial charge in [0, 0.05) is 47.7 Å². The van der Waals surface area contributed by atoms with E-state index >= 15 is 14.4 Å². The van der Waals surface area contributed by atoms with Crippen LogP contribution in [0.1, 0.15) is 150 Å². The number of hydrogen-bond donors (Lipinski definition) is 8. The van der Waals surface area contributed by atoms with Crippen molar-refractivity contribution in [2.45, 2.75) is 171 Å². The molecule has 6 aliphatic carbocycles. The molecule has 9 N–H and O–H groups in total. The molecule has 6 bridgehead atoms. The molecule has 1 saturated heterocycles. The lowest BCUT2D eigenvalue weighted by molar-refractivity contribution is -0.183. The summed E-state index contributed by atoms with van der Waals surface area (Å²) in [5, 5.41) is 40.6. The van der Waals surface area contributed by atoms with Crippen molar-refractivity contribution >= 4 is 17.5 Å². The average Bonchev–Trinajstić information content (AvgIpc) is 4.24. The van der Waals surface area contributed by atoms with Crippen molar-refractivity contribution in [1.82, 2.24) is 26.6 Å². The number of dihydropyridines is 2. The predicted molar refractivity (Wildman–Crippen MR) is 288 cm³/mol. The SMILES string of the molecule is CCNC12C=C3C=CCC4C5CCCC(C)(CC6=CNC(N)C=C6)Cc6cccc7c6C(=O)C6(OC6(CC(CO)=C(C)CCC6=CCNC8=C6CCC(NC)N8)C7=O)C(=O)OC(C6CC(O)CCC6C1)C2C(CC5)C34. The summed E-state index contributed by atoms with van der Waals surface area (Å²) in [6.45, 7) is 7.56. The van der Waals surface area contributed by atoms with Crippen LogP contribution < -0.4 is 32.3 Å². The summed E-state index contributed by atoms with van der Waals surface area (Å²) in [6.07, 6.45) is 27.9. The van der Waals surface area contributed by atoms with E-state index in [1.807, 2.05) is 38.4 Å². The third-order valence-electron chi connectivity index (χ3n) is 20.9. The maximum absolute atomic E-state index is 16.2. The van der Waals surface area contributed by atoms with Crippen LogP contribution in [0.5, 0.6) is 0 Å². The molecule has 1 aromatic rings. The fourth-order valence-electron chi connectivity index (χ4n) is 17.3. The standard InChI is InChI=1S/C62H82N6O7/c1-5-67-60-30-39-17-19-43(70)27-48(39)54-53(60)46-20-18-37(44-12-6-10-41(31-60)51(44)46)11-8-25-59(3,28-36-15-22-49(63)66-33-36)29-40-9-7-13-47-52(40)56(72)62(58(73)74-54)61(75-62,55(47)71)32-42(34-69)35(2)14-16-38-24-26-65-57-45(38)21-23-50(64-4)68-57/h6-7,9-10,13,15,22,24,31,33,37,39,43-44,46,48-51,53-54,64-70H,5,8,11-12,14,16-21,23,25-30,32,34,63H2,1-4H3. The number of benzene rings is 1. The van der Waals surface area contributed by atoms with Crippen molar-refractivity contribution in [1.29, 1.82) is 0 Å². The van der Waals surface area contributed by atoms with Crippen molar-refractivity contribution in [3.63, 3.8) is 0 Å². The Morgan fingerprint density at radius 3 is 2.67 bits per heavy atom. The lowest BCUT2D eigenvalue weighted by Gasteiger charge is -2.63. The van der Waals surface area contributed by atoms with E-state index in [4.69, 9.17) is 15.2 Å². The first-order chi connectivity index (χ1) is 36.2. The molecule has 0 amide bonds. The van der Waals surface area contributed by atoms with Gasteiger partial charge in [-0.1, -0.05) is 80.8 Å². The number of aliphatic hydroxyl groups is 2. The maximum Gasteiger partial charge on any atom is 0.350 e. The van der Waals surface area contributed by atoms with E-state index in [0.29, 0.717) is 55.6 Å². The van der Waals surface area contributed by atoms with Crippen molar-refractivity contribution in [3.8, 4) is 0 Å². The highest BCUT2D eigenvalue weighted by molar-refractivity contribution is 6.33. The van der Waals surface area contributed by atoms with Crippen molar-refractivity contribution in [3.05, 3.63) is 117 Å². The van der Waals surface area contributed by atoms with Gasteiger partial charge < -0.3 is 52.0 Å². The summed E-state index contributed by atoms with van der Waals surface area (Å²) >= 11 is 0. The van der Waals surface area contributed by atoms with Gasteiger partial charge in [-0.25, -0.2) is 4.79 Å². The van der Waals surface area contributed by atoms with Gasteiger partial charge in [0.05, 0.1) is 25.0 Å². The molecular formula is C62H82N6O7. The quantitative estimate of drug-likeness (QED) is 0.0473. The summed E-state index contributed by atoms with van der Waals surface area (Å²) in [5.74, 6) is 0.750. The third-order valence-corrected chi connectivity index (χ3v) is 20.9. The number of likely N-dealkylation sites (N-methyl/N-ethyl adjacent to an activating group) is 1. The number of nitrogens with two attached hydrogens (primary N) is 1. The number of ether oxygens (including phenoxy) is 2. The Morgan fingerprint density at radius 1 is 1.01 bits per heavy atom. The molecule has 4 fully saturated rings. The van der Waals surface area contributed by atoms with E-state index in [2.05, 4.69) is 70.8 Å². The normalized spacial score (nSPS) is 40.7. The zero-order valence-electron chi connectivity index (χ0n) is 44.8. The number of aliphatic hydroxyl groups excluding tert-OH is 2. The van der Waals surface area contributed by atoms with E-state index in [-0.39, 0.29) is 65.6 Å². The second-order valence-corrected chi connectivity index (χ2v) is 25.2. The van der Waals surface area contributed by atoms with Crippen LogP contribution in [0.25, 0.3) is 0 Å². The molecule has 13 nitrogen and oxygen atoms in total. The Balaban J connectivity index is 0.974. The van der Waals surface area contributed by atoms with Crippen LogP contribution in [0.15, 0.2) is 100 Å². The summed E-state index contributed by atoms with van der Waals surface area (Å²) in [6, 6.07) is 5.58. The van der Waals surface area contributed by atoms with Crippen molar-refractivity contribution in [2.24, 2.45) is 52.6 Å². The van der Waals surface area contributed by atoms with Gasteiger partial charge in [0.25, 0.3) is 5.60 Å². The van der Waals surface area contributed by atoms with Crippen LogP contribution in [0, 0.1) is 46.8 Å². The highest BCUT2D eigenvalue weighted by Crippen LogP contribution is 2.64. The van der Waals surface area contributed by atoms with E-state index in [0.717, 1.165) is 106 Å². The van der Waals surface area contributed by atoms with Gasteiger partial charge in [0.15, 0.2) is 11.4 Å². The van der Waals surface area contributed by atoms with Crippen molar-refractivity contribution in [2.75, 3.05) is 26.7 Å². The molecule has 0 radical (unpaired) electrons. The number of ketones is 2. The fourth-order valence-corrected chi connectivity index (χ4v) is 17.3. The number of Topliss-reactive ketones (excluding diaryl/α,β-unsaturated/α-hetero) is 2. The minimum Gasteiger partial charge on any atom is -0.459 e. The first-order valence-corrected chi connectivity index (χ1v) is 29.0. The Labute approximate surface area is 443 Å². The molecule has 1 spiro atoms. The van der Waals surface area contributed by atoms with Crippen molar-refractivity contribution < 1.29 is 34.1 Å². The number of carbonyl (C=O) groups is 3. The fraction of sp³-hybridized carbons (Fsp3) is 0.629. The second-order valence-electron chi connectivity index (χ2n) is 25.2. The highest BCUT2D eigenvalue weighted by atomic mass is 16.7. The van der Waals surface area contributed by atoms with Gasteiger partial charge in [-0.2, -0.15) is 0 Å². The Bertz CT molecular complexity index is 2740. The van der Waals surface area contributed by atoms with Crippen LogP contribution >= 0.6 is 0 Å².